The molecule has 0 bridgehead atoms. The van der Waals surface area contributed by atoms with Gasteiger partial charge in [0.2, 0.25) is 0 Å². The van der Waals surface area contributed by atoms with E-state index in [1.807, 2.05) is 6.07 Å². The minimum atomic E-state index is -0.287. The maximum Gasteiger partial charge on any atom is 0.163 e. The standard InChI is InChI=1S/C20H24O2/c1-14(2)6-5-12-20(3)13-11-16-18(22-20)10-9-15-7-4-8-17(21)19(15)16/h6,9-11,13H,4-5,7-8,12H2,1-3H3. The summed E-state index contributed by atoms with van der Waals surface area (Å²) in [6.07, 6.45) is 11.0. The number of hydrogen-bond acceptors (Lipinski definition) is 2. The van der Waals surface area contributed by atoms with Gasteiger partial charge in [-0.2, -0.15) is 0 Å². The van der Waals surface area contributed by atoms with E-state index in [2.05, 4.69) is 45.1 Å². The van der Waals surface area contributed by atoms with Gasteiger partial charge in [0.05, 0.1) is 0 Å². The first-order valence-corrected chi connectivity index (χ1v) is 8.19. The van der Waals surface area contributed by atoms with E-state index in [9.17, 15) is 4.79 Å². The average molecular weight is 296 g/mol. The van der Waals surface area contributed by atoms with Crippen molar-refractivity contribution < 1.29 is 9.53 Å². The van der Waals surface area contributed by atoms with Crippen molar-refractivity contribution >= 4 is 11.9 Å². The lowest BCUT2D eigenvalue weighted by Gasteiger charge is -2.33. The largest absolute Gasteiger partial charge is 0.483 e. The van der Waals surface area contributed by atoms with Gasteiger partial charge < -0.3 is 4.74 Å². The van der Waals surface area contributed by atoms with E-state index < -0.39 is 0 Å². The monoisotopic (exact) mass is 296 g/mol. The van der Waals surface area contributed by atoms with Gasteiger partial charge in [-0.05, 0) is 64.2 Å². The topological polar surface area (TPSA) is 26.3 Å². The molecule has 1 aromatic rings. The Balaban J connectivity index is 1.88. The molecule has 0 amide bonds. The summed E-state index contributed by atoms with van der Waals surface area (Å²) in [6, 6.07) is 4.11. The zero-order chi connectivity index (χ0) is 15.7. The number of hydrogen-bond donors (Lipinski definition) is 0. The van der Waals surface area contributed by atoms with E-state index in [1.54, 1.807) is 0 Å². The molecule has 0 radical (unpaired) electrons. The number of aryl methyl sites for hydroxylation is 1. The van der Waals surface area contributed by atoms with E-state index in [0.717, 1.165) is 42.6 Å². The Hall–Kier alpha value is -1.83. The minimum absolute atomic E-state index is 0.263. The summed E-state index contributed by atoms with van der Waals surface area (Å²) >= 11 is 0. The van der Waals surface area contributed by atoms with Gasteiger partial charge in [0.15, 0.2) is 5.78 Å². The van der Waals surface area contributed by atoms with Crippen molar-refractivity contribution in [3.05, 3.63) is 46.5 Å². The van der Waals surface area contributed by atoms with Crippen LogP contribution in [-0.2, 0) is 6.42 Å². The molecule has 2 heteroatoms. The predicted octanol–water partition coefficient (Wildman–Crippen LogP) is 5.12. The Morgan fingerprint density at radius 2 is 2.14 bits per heavy atom. The summed E-state index contributed by atoms with van der Waals surface area (Å²) < 4.78 is 6.25. The summed E-state index contributed by atoms with van der Waals surface area (Å²) in [4.78, 5) is 12.3. The van der Waals surface area contributed by atoms with E-state index in [1.165, 1.54) is 11.1 Å². The van der Waals surface area contributed by atoms with Crippen molar-refractivity contribution in [2.75, 3.05) is 0 Å². The van der Waals surface area contributed by atoms with Crippen LogP contribution in [0.4, 0.5) is 0 Å². The molecular weight excluding hydrogens is 272 g/mol. The van der Waals surface area contributed by atoms with Crippen LogP contribution in [0.5, 0.6) is 5.75 Å². The molecule has 2 aliphatic rings. The summed E-state index contributed by atoms with van der Waals surface area (Å²) in [6.45, 7) is 6.35. The van der Waals surface area contributed by atoms with Crippen molar-refractivity contribution in [1.82, 2.24) is 0 Å². The van der Waals surface area contributed by atoms with Gasteiger partial charge in [-0.3, -0.25) is 4.79 Å². The smallest absolute Gasteiger partial charge is 0.163 e. The summed E-state index contributed by atoms with van der Waals surface area (Å²) in [5.74, 6) is 1.12. The molecule has 1 heterocycles. The number of Topliss-reactive ketones (excluding diaryl/α,β-unsaturated/α-hetero) is 1. The molecule has 0 saturated heterocycles. The molecule has 2 nitrogen and oxygen atoms in total. The maximum absolute atomic E-state index is 12.3. The van der Waals surface area contributed by atoms with Gasteiger partial charge in [0.1, 0.15) is 11.4 Å². The fourth-order valence-electron chi connectivity index (χ4n) is 3.33. The second-order valence-electron chi connectivity index (χ2n) is 6.86. The molecule has 1 aliphatic heterocycles. The summed E-state index contributed by atoms with van der Waals surface area (Å²) in [7, 11) is 0. The highest BCUT2D eigenvalue weighted by Crippen LogP contribution is 2.38. The van der Waals surface area contributed by atoms with Crippen LogP contribution in [0.2, 0.25) is 0 Å². The average Bonchev–Trinajstić information content (AvgIpc) is 2.46. The molecule has 0 saturated carbocycles. The molecular formula is C20H24O2. The highest BCUT2D eigenvalue weighted by molar-refractivity contribution is 6.02. The van der Waals surface area contributed by atoms with Crippen molar-refractivity contribution in [2.24, 2.45) is 0 Å². The van der Waals surface area contributed by atoms with Crippen LogP contribution >= 0.6 is 0 Å². The molecule has 0 fully saturated rings. The Labute approximate surface area is 132 Å². The second-order valence-corrected chi connectivity index (χ2v) is 6.86. The normalized spacial score (nSPS) is 22.6. The number of carbonyl (C=O) groups excluding carboxylic acids is 1. The molecule has 0 N–H and O–H groups in total. The second kappa shape index (κ2) is 5.75. The number of allylic oxidation sites excluding steroid dienone is 2. The lowest BCUT2D eigenvalue weighted by atomic mass is 9.84. The first kappa shape index (κ1) is 15.1. The number of ether oxygens (including phenoxy) is 1. The van der Waals surface area contributed by atoms with Gasteiger partial charge in [-0.15, -0.1) is 0 Å². The quantitative estimate of drug-likeness (QED) is 0.724. The SMILES string of the molecule is CC(C)=CCCC1(C)C=Cc2c(ccc3c2C(=O)CCC3)O1. The van der Waals surface area contributed by atoms with E-state index in [-0.39, 0.29) is 11.4 Å². The van der Waals surface area contributed by atoms with Gasteiger partial charge in [-0.1, -0.05) is 23.8 Å². The van der Waals surface area contributed by atoms with Gasteiger partial charge in [-0.25, -0.2) is 0 Å². The van der Waals surface area contributed by atoms with Gasteiger partial charge in [0.25, 0.3) is 0 Å². The summed E-state index contributed by atoms with van der Waals surface area (Å²) in [5.41, 5.74) is 4.11. The fourth-order valence-corrected chi connectivity index (χ4v) is 3.33. The predicted molar refractivity (Wildman–Crippen MR) is 90.4 cm³/mol. The van der Waals surface area contributed by atoms with Gasteiger partial charge in [0, 0.05) is 17.5 Å². The molecule has 0 spiro atoms. The van der Waals surface area contributed by atoms with Crippen molar-refractivity contribution in [1.29, 1.82) is 0 Å². The molecule has 0 aromatic heterocycles. The highest BCUT2D eigenvalue weighted by atomic mass is 16.5. The zero-order valence-corrected chi connectivity index (χ0v) is 13.7. The Morgan fingerprint density at radius 3 is 2.91 bits per heavy atom. The van der Waals surface area contributed by atoms with Gasteiger partial charge >= 0.3 is 0 Å². The van der Waals surface area contributed by atoms with Crippen LogP contribution in [0, 0.1) is 0 Å². The Bertz CT molecular complexity index is 663. The van der Waals surface area contributed by atoms with E-state index in [4.69, 9.17) is 4.74 Å². The third kappa shape index (κ3) is 2.87. The van der Waals surface area contributed by atoms with Crippen LogP contribution in [0.25, 0.3) is 6.08 Å². The van der Waals surface area contributed by atoms with Crippen molar-refractivity contribution in [3.8, 4) is 5.75 Å². The minimum Gasteiger partial charge on any atom is -0.483 e. The number of carbonyl (C=O) groups is 1. The Morgan fingerprint density at radius 1 is 1.32 bits per heavy atom. The maximum atomic E-state index is 12.3. The summed E-state index contributed by atoms with van der Waals surface area (Å²) in [5, 5.41) is 0. The van der Waals surface area contributed by atoms with Crippen molar-refractivity contribution in [3.63, 3.8) is 0 Å². The molecule has 1 aliphatic carbocycles. The fraction of sp³-hybridized carbons (Fsp3) is 0.450. The molecule has 116 valence electrons. The molecule has 1 aromatic carbocycles. The molecule has 22 heavy (non-hydrogen) atoms. The third-order valence-electron chi connectivity index (χ3n) is 4.56. The third-order valence-corrected chi connectivity index (χ3v) is 4.56. The first-order valence-electron chi connectivity index (χ1n) is 8.19. The van der Waals surface area contributed by atoms with Crippen LogP contribution in [-0.4, -0.2) is 11.4 Å². The lowest BCUT2D eigenvalue weighted by Crippen LogP contribution is -2.32. The highest BCUT2D eigenvalue weighted by Gasteiger charge is 2.30. The zero-order valence-electron chi connectivity index (χ0n) is 13.7. The number of benzene rings is 1. The molecule has 3 rings (SSSR count). The van der Waals surface area contributed by atoms with Crippen LogP contribution < -0.4 is 4.74 Å². The van der Waals surface area contributed by atoms with Crippen LogP contribution in [0.3, 0.4) is 0 Å². The Kier molecular flexibility index (Phi) is 3.94. The van der Waals surface area contributed by atoms with E-state index >= 15 is 0 Å². The number of fused-ring (bicyclic) bond motifs is 3. The number of rotatable bonds is 3. The molecule has 1 unspecified atom stereocenters. The first-order chi connectivity index (χ1) is 10.5. The van der Waals surface area contributed by atoms with E-state index in [0.29, 0.717) is 6.42 Å². The molecule has 1 atom stereocenters. The van der Waals surface area contributed by atoms with Crippen molar-refractivity contribution in [2.45, 2.75) is 58.5 Å². The van der Waals surface area contributed by atoms with Crippen LogP contribution in [0.15, 0.2) is 29.9 Å². The number of ketones is 1. The van der Waals surface area contributed by atoms with Crippen LogP contribution in [0.1, 0.15) is 67.9 Å². The lowest BCUT2D eigenvalue weighted by molar-refractivity contribution is 0.0967.